The van der Waals surface area contributed by atoms with E-state index in [9.17, 15) is 18.0 Å². The molecule has 0 saturated carbocycles. The third kappa shape index (κ3) is 6.68. The van der Waals surface area contributed by atoms with Crippen molar-refractivity contribution in [3.63, 3.8) is 0 Å². The fourth-order valence-corrected chi connectivity index (χ4v) is 3.26. The Labute approximate surface area is 172 Å². The summed E-state index contributed by atoms with van der Waals surface area (Å²) in [4.78, 5) is 18.3. The molecule has 3 N–H and O–H groups in total. The summed E-state index contributed by atoms with van der Waals surface area (Å²) < 4.78 is 40.4. The first-order valence-corrected chi connectivity index (χ1v) is 9.53. The number of nitrogens with one attached hydrogen (secondary N) is 1. The van der Waals surface area contributed by atoms with Gasteiger partial charge in [-0.15, -0.1) is 13.2 Å². The standard InChI is InChI=1S/C21H23F3N4O2/c22-21(23,24)30-18-8-6-17(7-9-18)27-20(25)26-13-16-12-19(29)28(14-16)11-10-15-4-2-1-3-5-15/h1-9,16H,10-14H2,(H3,25,26,27). The Bertz CT molecular complexity index is 870. The van der Waals surface area contributed by atoms with Crippen LogP contribution in [0, 0.1) is 5.92 Å². The maximum Gasteiger partial charge on any atom is 0.573 e. The lowest BCUT2D eigenvalue weighted by molar-refractivity contribution is -0.274. The van der Waals surface area contributed by atoms with Crippen LogP contribution in [0.15, 0.2) is 59.6 Å². The highest BCUT2D eigenvalue weighted by Crippen LogP contribution is 2.24. The maximum absolute atomic E-state index is 12.2. The van der Waals surface area contributed by atoms with E-state index >= 15 is 0 Å². The first-order valence-electron chi connectivity index (χ1n) is 9.53. The van der Waals surface area contributed by atoms with Crippen molar-refractivity contribution in [2.45, 2.75) is 19.2 Å². The molecule has 0 aromatic heterocycles. The average Bonchev–Trinajstić information content (AvgIpc) is 3.06. The molecule has 30 heavy (non-hydrogen) atoms. The van der Waals surface area contributed by atoms with Crippen molar-refractivity contribution in [1.82, 2.24) is 4.90 Å². The number of rotatable bonds is 7. The minimum absolute atomic E-state index is 0.0798. The highest BCUT2D eigenvalue weighted by molar-refractivity contribution is 5.92. The Balaban J connectivity index is 1.45. The summed E-state index contributed by atoms with van der Waals surface area (Å²) in [5, 5.41) is 2.82. The second-order valence-electron chi connectivity index (χ2n) is 7.07. The van der Waals surface area contributed by atoms with E-state index in [2.05, 4.69) is 15.0 Å². The van der Waals surface area contributed by atoms with E-state index < -0.39 is 6.36 Å². The van der Waals surface area contributed by atoms with E-state index in [1.165, 1.54) is 29.8 Å². The van der Waals surface area contributed by atoms with Gasteiger partial charge in [0, 0.05) is 37.7 Å². The van der Waals surface area contributed by atoms with Gasteiger partial charge in [0.15, 0.2) is 5.96 Å². The van der Waals surface area contributed by atoms with E-state index in [0.29, 0.717) is 31.7 Å². The Morgan fingerprint density at radius 3 is 2.53 bits per heavy atom. The van der Waals surface area contributed by atoms with Gasteiger partial charge in [-0.3, -0.25) is 9.79 Å². The molecule has 1 fully saturated rings. The Morgan fingerprint density at radius 1 is 1.17 bits per heavy atom. The van der Waals surface area contributed by atoms with Crippen molar-refractivity contribution in [3.05, 3.63) is 60.2 Å². The molecule has 6 nitrogen and oxygen atoms in total. The van der Waals surface area contributed by atoms with E-state index in [4.69, 9.17) is 5.73 Å². The lowest BCUT2D eigenvalue weighted by atomic mass is 10.1. The number of ether oxygens (including phenoxy) is 1. The van der Waals surface area contributed by atoms with Gasteiger partial charge in [-0.05, 0) is 36.2 Å². The predicted octanol–water partition coefficient (Wildman–Crippen LogP) is 3.40. The number of carbonyl (C=O) groups excluding carboxylic acids is 1. The van der Waals surface area contributed by atoms with E-state index in [-0.39, 0.29) is 23.5 Å². The number of likely N-dealkylation sites (tertiary alicyclic amines) is 1. The number of benzene rings is 2. The first-order chi connectivity index (χ1) is 14.3. The summed E-state index contributed by atoms with van der Waals surface area (Å²) in [5.41, 5.74) is 7.53. The molecule has 0 aliphatic carbocycles. The Hall–Kier alpha value is -3.23. The largest absolute Gasteiger partial charge is 0.573 e. The van der Waals surface area contributed by atoms with Crippen LogP contribution in [0.1, 0.15) is 12.0 Å². The number of hydrogen-bond donors (Lipinski definition) is 2. The number of halogens is 3. The van der Waals surface area contributed by atoms with Crippen LogP contribution >= 0.6 is 0 Å². The molecule has 1 aliphatic rings. The normalized spacial score (nSPS) is 17.3. The molecule has 0 bridgehead atoms. The third-order valence-electron chi connectivity index (χ3n) is 4.69. The number of aliphatic imine (C=N–C) groups is 1. The summed E-state index contributed by atoms with van der Waals surface area (Å²) in [6.45, 7) is 1.69. The van der Waals surface area contributed by atoms with Gasteiger partial charge in [0.05, 0.1) is 0 Å². The highest BCUT2D eigenvalue weighted by Gasteiger charge is 2.31. The topological polar surface area (TPSA) is 80.0 Å². The smallest absolute Gasteiger partial charge is 0.406 e. The van der Waals surface area contributed by atoms with Crippen LogP contribution in [-0.2, 0) is 11.2 Å². The maximum atomic E-state index is 12.2. The van der Waals surface area contributed by atoms with Crippen LogP contribution in [0.4, 0.5) is 18.9 Å². The number of amides is 1. The quantitative estimate of drug-likeness (QED) is 0.532. The molecule has 2 aromatic carbocycles. The zero-order valence-corrected chi connectivity index (χ0v) is 16.2. The van der Waals surface area contributed by atoms with Crippen LogP contribution in [0.2, 0.25) is 0 Å². The number of alkyl halides is 3. The van der Waals surface area contributed by atoms with Gasteiger partial charge in [-0.25, -0.2) is 0 Å². The fraction of sp³-hybridized carbons (Fsp3) is 0.333. The molecule has 1 atom stereocenters. The molecule has 1 saturated heterocycles. The second-order valence-corrected chi connectivity index (χ2v) is 7.07. The SMILES string of the molecule is NC(=NCC1CC(=O)N(CCc2ccccc2)C1)Nc1ccc(OC(F)(F)F)cc1. The molecule has 0 spiro atoms. The molecule has 9 heteroatoms. The summed E-state index contributed by atoms with van der Waals surface area (Å²) in [5.74, 6) is 0.00685. The van der Waals surface area contributed by atoms with Crippen molar-refractivity contribution in [2.75, 3.05) is 25.0 Å². The number of nitrogens with zero attached hydrogens (tertiary/aromatic N) is 2. The van der Waals surface area contributed by atoms with Gasteiger partial charge < -0.3 is 20.7 Å². The molecule has 160 valence electrons. The molecule has 1 unspecified atom stereocenters. The lowest BCUT2D eigenvalue weighted by Crippen LogP contribution is -2.28. The Morgan fingerprint density at radius 2 is 1.87 bits per heavy atom. The molecular weight excluding hydrogens is 397 g/mol. The van der Waals surface area contributed by atoms with Crippen molar-refractivity contribution in [1.29, 1.82) is 0 Å². The van der Waals surface area contributed by atoms with Crippen LogP contribution in [0.25, 0.3) is 0 Å². The zero-order chi connectivity index (χ0) is 21.6. The van der Waals surface area contributed by atoms with Crippen molar-refractivity contribution >= 4 is 17.6 Å². The predicted molar refractivity (Wildman–Crippen MR) is 108 cm³/mol. The molecular formula is C21H23F3N4O2. The van der Waals surface area contributed by atoms with Crippen molar-refractivity contribution in [2.24, 2.45) is 16.6 Å². The van der Waals surface area contributed by atoms with Gasteiger partial charge in [0.25, 0.3) is 0 Å². The summed E-state index contributed by atoms with van der Waals surface area (Å²) >= 11 is 0. The van der Waals surface area contributed by atoms with Gasteiger partial charge in [0.1, 0.15) is 5.75 Å². The number of hydrogen-bond acceptors (Lipinski definition) is 3. The summed E-state index contributed by atoms with van der Waals surface area (Å²) in [7, 11) is 0. The lowest BCUT2D eigenvalue weighted by Gasteiger charge is -2.16. The van der Waals surface area contributed by atoms with Gasteiger partial charge in [-0.1, -0.05) is 30.3 Å². The van der Waals surface area contributed by atoms with Crippen molar-refractivity contribution in [3.8, 4) is 5.75 Å². The first kappa shape index (κ1) is 21.5. The molecule has 1 amide bonds. The van der Waals surface area contributed by atoms with Gasteiger partial charge >= 0.3 is 6.36 Å². The summed E-state index contributed by atoms with van der Waals surface area (Å²) in [6, 6.07) is 15.2. The highest BCUT2D eigenvalue weighted by atomic mass is 19.4. The van der Waals surface area contributed by atoms with Crippen molar-refractivity contribution < 1.29 is 22.7 Å². The van der Waals surface area contributed by atoms with Crippen LogP contribution in [0.3, 0.4) is 0 Å². The number of nitrogens with two attached hydrogens (primary N) is 1. The molecule has 3 rings (SSSR count). The molecule has 0 radical (unpaired) electrons. The summed E-state index contributed by atoms with van der Waals surface area (Å²) in [6.07, 6.45) is -3.50. The monoisotopic (exact) mass is 420 g/mol. The van der Waals surface area contributed by atoms with E-state index in [1.807, 2.05) is 35.2 Å². The van der Waals surface area contributed by atoms with Gasteiger partial charge in [-0.2, -0.15) is 0 Å². The van der Waals surface area contributed by atoms with Crippen LogP contribution in [-0.4, -0.2) is 42.8 Å². The average molecular weight is 420 g/mol. The van der Waals surface area contributed by atoms with Crippen LogP contribution < -0.4 is 15.8 Å². The number of guanidine groups is 1. The fourth-order valence-electron chi connectivity index (χ4n) is 3.26. The minimum Gasteiger partial charge on any atom is -0.406 e. The Kier molecular flexibility index (Phi) is 6.81. The molecule has 2 aromatic rings. The number of carbonyl (C=O) groups is 1. The minimum atomic E-state index is -4.73. The molecule has 1 heterocycles. The second kappa shape index (κ2) is 9.51. The van der Waals surface area contributed by atoms with Gasteiger partial charge in [0.2, 0.25) is 5.91 Å². The third-order valence-corrected chi connectivity index (χ3v) is 4.69. The van der Waals surface area contributed by atoms with E-state index in [1.54, 1.807) is 0 Å². The number of anilines is 1. The molecule has 1 aliphatic heterocycles. The zero-order valence-electron chi connectivity index (χ0n) is 16.2. The van der Waals surface area contributed by atoms with E-state index in [0.717, 1.165) is 6.42 Å². The van der Waals surface area contributed by atoms with Crippen LogP contribution in [0.5, 0.6) is 5.75 Å².